The van der Waals surface area contributed by atoms with Crippen molar-refractivity contribution in [1.29, 1.82) is 0 Å². The Kier molecular flexibility index (Phi) is 6.02. The Morgan fingerprint density at radius 3 is 2.25 bits per heavy atom. The van der Waals surface area contributed by atoms with Crippen LogP contribution in [0.4, 0.5) is 0 Å². The standard InChI is InChI=1S/C16H30O4/c1-8-13-10(2)11(3)14(19-12(4)17)15(20-13)18-9-16(5,6)7/h10-11,13-15H,8-9H2,1-7H3/t10-,11-,13+,14+,15+/m0/s1. The molecule has 0 aromatic rings. The highest BCUT2D eigenvalue weighted by Gasteiger charge is 2.43. The molecule has 1 rings (SSSR count). The van der Waals surface area contributed by atoms with Crippen LogP contribution < -0.4 is 0 Å². The summed E-state index contributed by atoms with van der Waals surface area (Å²) in [5.74, 6) is 0.290. The van der Waals surface area contributed by atoms with Crippen LogP contribution in [0.3, 0.4) is 0 Å². The number of hydrogen-bond acceptors (Lipinski definition) is 4. The third-order valence-corrected chi connectivity index (χ3v) is 3.90. The topological polar surface area (TPSA) is 44.8 Å². The van der Waals surface area contributed by atoms with Gasteiger partial charge in [0.2, 0.25) is 0 Å². The monoisotopic (exact) mass is 286 g/mol. The van der Waals surface area contributed by atoms with Crippen LogP contribution in [0.5, 0.6) is 0 Å². The lowest BCUT2D eigenvalue weighted by Crippen LogP contribution is -2.52. The fraction of sp³-hybridized carbons (Fsp3) is 0.938. The van der Waals surface area contributed by atoms with Crippen molar-refractivity contribution in [2.45, 2.75) is 73.4 Å². The predicted octanol–water partition coefficient (Wildman–Crippen LogP) is 3.39. The molecule has 4 nitrogen and oxygen atoms in total. The van der Waals surface area contributed by atoms with E-state index in [1.807, 2.05) is 0 Å². The predicted molar refractivity (Wildman–Crippen MR) is 78.2 cm³/mol. The molecule has 1 fully saturated rings. The van der Waals surface area contributed by atoms with E-state index >= 15 is 0 Å². The van der Waals surface area contributed by atoms with E-state index in [1.54, 1.807) is 0 Å². The molecule has 1 saturated heterocycles. The van der Waals surface area contributed by atoms with Gasteiger partial charge >= 0.3 is 5.97 Å². The maximum absolute atomic E-state index is 11.3. The molecule has 0 saturated carbocycles. The number of ether oxygens (including phenoxy) is 3. The van der Waals surface area contributed by atoms with E-state index in [9.17, 15) is 4.79 Å². The van der Waals surface area contributed by atoms with Gasteiger partial charge in [0.05, 0.1) is 12.7 Å². The van der Waals surface area contributed by atoms with Crippen LogP contribution >= 0.6 is 0 Å². The van der Waals surface area contributed by atoms with Crippen LogP contribution in [0.1, 0.15) is 54.9 Å². The first-order chi connectivity index (χ1) is 9.15. The van der Waals surface area contributed by atoms with E-state index in [-0.39, 0.29) is 29.5 Å². The van der Waals surface area contributed by atoms with Gasteiger partial charge in [0.1, 0.15) is 0 Å². The normalized spacial score (nSPS) is 34.9. The highest BCUT2D eigenvalue weighted by Crippen LogP contribution is 2.35. The Hall–Kier alpha value is -0.610. The molecule has 0 aromatic heterocycles. The Bertz CT molecular complexity index is 321. The van der Waals surface area contributed by atoms with Crippen molar-refractivity contribution in [2.75, 3.05) is 6.61 Å². The zero-order chi connectivity index (χ0) is 15.5. The summed E-state index contributed by atoms with van der Waals surface area (Å²) >= 11 is 0. The average Bonchev–Trinajstić information content (AvgIpc) is 2.32. The first kappa shape index (κ1) is 17.4. The SMILES string of the molecule is CC[C@H]1O[C@@H](OCC(C)(C)C)[C@H](OC(C)=O)[C@@H](C)[C@@H]1C. The summed E-state index contributed by atoms with van der Waals surface area (Å²) < 4.78 is 17.4. The van der Waals surface area contributed by atoms with Gasteiger partial charge in [0, 0.05) is 12.8 Å². The lowest BCUT2D eigenvalue weighted by Gasteiger charge is -2.44. The van der Waals surface area contributed by atoms with Gasteiger partial charge in [-0.3, -0.25) is 4.79 Å². The highest BCUT2D eigenvalue weighted by molar-refractivity contribution is 5.66. The third-order valence-electron chi connectivity index (χ3n) is 3.90. The zero-order valence-electron chi connectivity index (χ0n) is 13.9. The van der Waals surface area contributed by atoms with Gasteiger partial charge in [0.25, 0.3) is 0 Å². The van der Waals surface area contributed by atoms with Gasteiger partial charge in [-0.1, -0.05) is 41.5 Å². The molecule has 0 aromatic carbocycles. The average molecular weight is 286 g/mol. The Morgan fingerprint density at radius 1 is 1.20 bits per heavy atom. The lowest BCUT2D eigenvalue weighted by molar-refractivity contribution is -0.280. The molecule has 0 radical (unpaired) electrons. The molecule has 1 aliphatic rings. The van der Waals surface area contributed by atoms with Crippen molar-refractivity contribution in [3.63, 3.8) is 0 Å². The molecule has 0 spiro atoms. The number of esters is 1. The molecule has 0 amide bonds. The molecule has 4 heteroatoms. The summed E-state index contributed by atoms with van der Waals surface area (Å²) in [7, 11) is 0. The molecule has 1 aliphatic heterocycles. The molecule has 20 heavy (non-hydrogen) atoms. The number of carbonyl (C=O) groups is 1. The molecule has 5 atom stereocenters. The van der Waals surface area contributed by atoms with E-state index in [4.69, 9.17) is 14.2 Å². The van der Waals surface area contributed by atoms with Crippen LogP contribution in [-0.2, 0) is 19.0 Å². The maximum Gasteiger partial charge on any atom is 0.303 e. The minimum Gasteiger partial charge on any atom is -0.457 e. The fourth-order valence-electron chi connectivity index (χ4n) is 2.55. The molecule has 0 N–H and O–H groups in total. The largest absolute Gasteiger partial charge is 0.457 e. The van der Waals surface area contributed by atoms with Crippen molar-refractivity contribution in [2.24, 2.45) is 17.3 Å². The number of carbonyl (C=O) groups excluding carboxylic acids is 1. The van der Waals surface area contributed by atoms with Crippen molar-refractivity contribution in [3.8, 4) is 0 Å². The maximum atomic E-state index is 11.3. The van der Waals surface area contributed by atoms with Crippen LogP contribution in [-0.4, -0.2) is 31.1 Å². The van der Waals surface area contributed by atoms with Gasteiger partial charge in [-0.05, 0) is 17.8 Å². The Labute approximate surface area is 123 Å². The summed E-state index contributed by atoms with van der Waals surface area (Å²) in [6.45, 7) is 14.7. The van der Waals surface area contributed by atoms with Gasteiger partial charge in [0.15, 0.2) is 12.4 Å². The van der Waals surface area contributed by atoms with Crippen LogP contribution in [0, 0.1) is 17.3 Å². The van der Waals surface area contributed by atoms with Crippen molar-refractivity contribution in [1.82, 2.24) is 0 Å². The second-order valence-electron chi connectivity index (χ2n) is 7.12. The van der Waals surface area contributed by atoms with E-state index in [1.165, 1.54) is 6.92 Å². The number of hydrogen-bond donors (Lipinski definition) is 0. The summed E-state index contributed by atoms with van der Waals surface area (Å²) in [4.78, 5) is 11.3. The summed E-state index contributed by atoms with van der Waals surface area (Å²) in [6, 6.07) is 0. The van der Waals surface area contributed by atoms with Crippen LogP contribution in [0.25, 0.3) is 0 Å². The summed E-state index contributed by atoms with van der Waals surface area (Å²) in [5, 5.41) is 0. The van der Waals surface area contributed by atoms with Crippen LogP contribution in [0.2, 0.25) is 0 Å². The van der Waals surface area contributed by atoms with Gasteiger partial charge < -0.3 is 14.2 Å². The van der Waals surface area contributed by atoms with Gasteiger partial charge in [-0.25, -0.2) is 0 Å². The van der Waals surface area contributed by atoms with E-state index in [0.29, 0.717) is 12.5 Å². The Morgan fingerprint density at radius 2 is 1.80 bits per heavy atom. The molecule has 1 heterocycles. The summed E-state index contributed by atoms with van der Waals surface area (Å²) in [5.41, 5.74) is 0.0537. The van der Waals surface area contributed by atoms with Crippen LogP contribution in [0.15, 0.2) is 0 Å². The van der Waals surface area contributed by atoms with E-state index in [2.05, 4.69) is 41.5 Å². The molecular formula is C16H30O4. The fourth-order valence-corrected chi connectivity index (χ4v) is 2.55. The Balaban J connectivity index is 2.80. The third kappa shape index (κ3) is 4.74. The van der Waals surface area contributed by atoms with Crippen molar-refractivity contribution >= 4 is 5.97 Å². The molecule has 118 valence electrons. The number of rotatable bonds is 4. The first-order valence-corrected chi connectivity index (χ1v) is 7.60. The van der Waals surface area contributed by atoms with Crippen molar-refractivity contribution < 1.29 is 19.0 Å². The second-order valence-corrected chi connectivity index (χ2v) is 7.12. The van der Waals surface area contributed by atoms with Crippen molar-refractivity contribution in [3.05, 3.63) is 0 Å². The van der Waals surface area contributed by atoms with E-state index in [0.717, 1.165) is 6.42 Å². The summed E-state index contributed by atoms with van der Waals surface area (Å²) in [6.07, 6.45) is 0.303. The lowest BCUT2D eigenvalue weighted by atomic mass is 9.82. The van der Waals surface area contributed by atoms with Gasteiger partial charge in [-0.2, -0.15) is 0 Å². The molecule has 0 unspecified atom stereocenters. The first-order valence-electron chi connectivity index (χ1n) is 7.60. The smallest absolute Gasteiger partial charge is 0.303 e. The van der Waals surface area contributed by atoms with E-state index < -0.39 is 6.29 Å². The minimum atomic E-state index is -0.464. The van der Waals surface area contributed by atoms with Gasteiger partial charge in [-0.15, -0.1) is 0 Å². The molecule has 0 aliphatic carbocycles. The molecular weight excluding hydrogens is 256 g/mol. The molecule has 0 bridgehead atoms. The second kappa shape index (κ2) is 6.90. The quantitative estimate of drug-likeness (QED) is 0.743. The minimum absolute atomic E-state index is 0.0537. The zero-order valence-corrected chi connectivity index (χ0v) is 13.9. The highest BCUT2D eigenvalue weighted by atomic mass is 16.7.